The number of fused-ring (bicyclic) bond motifs is 1. The van der Waals surface area contributed by atoms with Gasteiger partial charge in [-0.3, -0.25) is 0 Å². The van der Waals surface area contributed by atoms with Crippen LogP contribution in [0.3, 0.4) is 0 Å². The van der Waals surface area contributed by atoms with Crippen molar-refractivity contribution in [3.63, 3.8) is 0 Å². The second-order valence-electron chi connectivity index (χ2n) is 5.46. The minimum absolute atomic E-state index is 0.697. The number of aromatic nitrogens is 4. The zero-order valence-corrected chi connectivity index (χ0v) is 12.0. The Morgan fingerprint density at radius 3 is 3.25 bits per heavy atom. The summed E-state index contributed by atoms with van der Waals surface area (Å²) in [4.78, 5) is 18.4. The Morgan fingerprint density at radius 1 is 1.40 bits per heavy atom. The first-order valence-electron chi connectivity index (χ1n) is 7.48. The van der Waals surface area contributed by atoms with E-state index in [4.69, 9.17) is 0 Å². The van der Waals surface area contributed by atoms with Crippen LogP contribution in [0.25, 0.3) is 11.2 Å². The van der Waals surface area contributed by atoms with Crippen molar-refractivity contribution in [2.45, 2.75) is 26.2 Å². The van der Waals surface area contributed by atoms with Gasteiger partial charge in [0.25, 0.3) is 0 Å². The van der Waals surface area contributed by atoms with E-state index in [0.29, 0.717) is 5.92 Å². The van der Waals surface area contributed by atoms with Crippen LogP contribution in [0.4, 0.5) is 5.82 Å². The van der Waals surface area contributed by atoms with Crippen molar-refractivity contribution in [1.82, 2.24) is 25.3 Å². The van der Waals surface area contributed by atoms with Crippen LogP contribution in [-0.2, 0) is 0 Å². The molecule has 2 aromatic heterocycles. The smallest absolute Gasteiger partial charge is 0.182 e. The molecule has 2 N–H and O–H groups in total. The van der Waals surface area contributed by atoms with Gasteiger partial charge in [-0.05, 0) is 38.3 Å². The number of H-pyrrole nitrogens is 1. The lowest BCUT2D eigenvalue weighted by Crippen LogP contribution is -2.40. The van der Waals surface area contributed by atoms with E-state index in [1.807, 2.05) is 0 Å². The summed E-state index contributed by atoms with van der Waals surface area (Å²) < 4.78 is 0. The molecule has 1 atom stereocenters. The van der Waals surface area contributed by atoms with Crippen molar-refractivity contribution in [1.29, 1.82) is 0 Å². The number of hydrogen-bond donors (Lipinski definition) is 2. The minimum atomic E-state index is 0.697. The van der Waals surface area contributed by atoms with Crippen LogP contribution in [-0.4, -0.2) is 46.1 Å². The van der Waals surface area contributed by atoms with E-state index in [2.05, 4.69) is 37.1 Å². The maximum atomic E-state index is 4.46. The van der Waals surface area contributed by atoms with Crippen LogP contribution in [0, 0.1) is 5.92 Å². The summed E-state index contributed by atoms with van der Waals surface area (Å²) in [6, 6.07) is 0. The highest BCUT2D eigenvalue weighted by Gasteiger charge is 2.22. The van der Waals surface area contributed by atoms with Crippen molar-refractivity contribution in [2.75, 3.05) is 31.1 Å². The van der Waals surface area contributed by atoms with Crippen LogP contribution in [0.15, 0.2) is 12.7 Å². The van der Waals surface area contributed by atoms with Crippen molar-refractivity contribution in [3.05, 3.63) is 12.7 Å². The van der Waals surface area contributed by atoms with Crippen molar-refractivity contribution < 1.29 is 0 Å². The maximum absolute atomic E-state index is 4.46. The van der Waals surface area contributed by atoms with Gasteiger partial charge in [-0.15, -0.1) is 0 Å². The van der Waals surface area contributed by atoms with Gasteiger partial charge in [0.1, 0.15) is 11.8 Å². The number of piperidine rings is 1. The first kappa shape index (κ1) is 13.3. The van der Waals surface area contributed by atoms with Gasteiger partial charge in [0, 0.05) is 13.1 Å². The van der Waals surface area contributed by atoms with Crippen LogP contribution in [0.1, 0.15) is 26.2 Å². The van der Waals surface area contributed by atoms with Crippen LogP contribution in [0.5, 0.6) is 0 Å². The molecule has 20 heavy (non-hydrogen) atoms. The zero-order chi connectivity index (χ0) is 13.8. The van der Waals surface area contributed by atoms with Gasteiger partial charge >= 0.3 is 0 Å². The fourth-order valence-corrected chi connectivity index (χ4v) is 2.90. The molecule has 3 rings (SSSR count). The number of hydrogen-bond acceptors (Lipinski definition) is 5. The summed E-state index contributed by atoms with van der Waals surface area (Å²) in [5.74, 6) is 1.69. The molecule has 0 radical (unpaired) electrons. The third-order valence-corrected chi connectivity index (χ3v) is 3.88. The van der Waals surface area contributed by atoms with Gasteiger partial charge < -0.3 is 15.2 Å². The normalized spacial score (nSPS) is 19.6. The van der Waals surface area contributed by atoms with E-state index >= 15 is 0 Å². The van der Waals surface area contributed by atoms with Gasteiger partial charge in [0.05, 0.1) is 6.33 Å². The van der Waals surface area contributed by atoms with Crippen molar-refractivity contribution in [3.8, 4) is 0 Å². The highest BCUT2D eigenvalue weighted by molar-refractivity contribution is 5.82. The molecule has 1 saturated heterocycles. The molecule has 1 unspecified atom stereocenters. The molecule has 0 aliphatic carbocycles. The average Bonchev–Trinajstić information content (AvgIpc) is 2.96. The number of imidazole rings is 1. The Hall–Kier alpha value is -1.69. The Kier molecular flexibility index (Phi) is 4.11. The quantitative estimate of drug-likeness (QED) is 0.810. The molecule has 0 spiro atoms. The standard InChI is InChI=1S/C14H22N6/c1-2-5-15-7-11-4-3-6-20(8-11)14-12-13(17-9-16-12)18-10-19-14/h9-11,15H,2-8H2,1H3,(H,16,17,18,19). The molecule has 1 aliphatic heterocycles. The van der Waals surface area contributed by atoms with E-state index < -0.39 is 0 Å². The molecule has 0 bridgehead atoms. The van der Waals surface area contributed by atoms with Crippen LogP contribution >= 0.6 is 0 Å². The highest BCUT2D eigenvalue weighted by Crippen LogP contribution is 2.25. The topological polar surface area (TPSA) is 69.7 Å². The zero-order valence-electron chi connectivity index (χ0n) is 12.0. The van der Waals surface area contributed by atoms with Gasteiger partial charge in [-0.1, -0.05) is 6.92 Å². The molecule has 3 heterocycles. The van der Waals surface area contributed by atoms with E-state index in [9.17, 15) is 0 Å². The number of anilines is 1. The lowest BCUT2D eigenvalue weighted by molar-refractivity contribution is 0.391. The molecule has 2 aromatic rings. The van der Waals surface area contributed by atoms with Crippen molar-refractivity contribution in [2.24, 2.45) is 5.92 Å². The third-order valence-electron chi connectivity index (χ3n) is 3.88. The number of rotatable bonds is 5. The molecule has 108 valence electrons. The summed E-state index contributed by atoms with van der Waals surface area (Å²) in [7, 11) is 0. The number of nitrogens with one attached hydrogen (secondary N) is 2. The Balaban J connectivity index is 1.71. The summed E-state index contributed by atoms with van der Waals surface area (Å²) in [5, 5.41) is 3.53. The Morgan fingerprint density at radius 2 is 2.35 bits per heavy atom. The van der Waals surface area contributed by atoms with Crippen LogP contribution in [0.2, 0.25) is 0 Å². The molecule has 0 amide bonds. The second kappa shape index (κ2) is 6.17. The molecule has 6 nitrogen and oxygen atoms in total. The number of aromatic amines is 1. The number of nitrogens with zero attached hydrogens (tertiary/aromatic N) is 4. The molecular formula is C14H22N6. The van der Waals surface area contributed by atoms with E-state index in [1.54, 1.807) is 12.7 Å². The summed E-state index contributed by atoms with van der Waals surface area (Å²) >= 11 is 0. The lowest BCUT2D eigenvalue weighted by Gasteiger charge is -2.33. The average molecular weight is 274 g/mol. The van der Waals surface area contributed by atoms with E-state index in [1.165, 1.54) is 19.3 Å². The lowest BCUT2D eigenvalue weighted by atomic mass is 9.98. The molecule has 0 aromatic carbocycles. The van der Waals surface area contributed by atoms with Gasteiger partial charge in [0.2, 0.25) is 0 Å². The van der Waals surface area contributed by atoms with Gasteiger partial charge in [-0.25, -0.2) is 15.0 Å². The first-order valence-corrected chi connectivity index (χ1v) is 7.48. The minimum Gasteiger partial charge on any atom is -0.354 e. The predicted molar refractivity (Wildman–Crippen MR) is 79.8 cm³/mol. The molecule has 0 saturated carbocycles. The Bertz CT molecular complexity index is 551. The molecular weight excluding hydrogens is 252 g/mol. The van der Waals surface area contributed by atoms with Crippen LogP contribution < -0.4 is 10.2 Å². The van der Waals surface area contributed by atoms with E-state index in [-0.39, 0.29) is 0 Å². The van der Waals surface area contributed by atoms with Crippen molar-refractivity contribution >= 4 is 17.0 Å². The van der Waals surface area contributed by atoms with Gasteiger partial charge in [0.15, 0.2) is 11.5 Å². The highest BCUT2D eigenvalue weighted by atomic mass is 15.2. The first-order chi connectivity index (χ1) is 9.88. The summed E-state index contributed by atoms with van der Waals surface area (Å²) in [6.07, 6.45) is 7.00. The predicted octanol–water partition coefficient (Wildman–Crippen LogP) is 1.57. The maximum Gasteiger partial charge on any atom is 0.182 e. The molecule has 1 aliphatic rings. The SMILES string of the molecule is CCCNCC1CCCN(c2ncnc3nc[nH]c23)C1. The summed E-state index contributed by atoms with van der Waals surface area (Å²) in [6.45, 7) is 6.53. The Labute approximate surface area is 119 Å². The fraction of sp³-hybridized carbons (Fsp3) is 0.643. The fourth-order valence-electron chi connectivity index (χ4n) is 2.90. The van der Waals surface area contributed by atoms with Gasteiger partial charge in [-0.2, -0.15) is 0 Å². The monoisotopic (exact) mass is 274 g/mol. The van der Waals surface area contributed by atoms with E-state index in [0.717, 1.165) is 43.2 Å². The second-order valence-corrected chi connectivity index (χ2v) is 5.46. The molecule has 6 heteroatoms. The summed E-state index contributed by atoms with van der Waals surface area (Å²) in [5.41, 5.74) is 1.70. The largest absolute Gasteiger partial charge is 0.354 e. The third kappa shape index (κ3) is 2.75. The molecule has 1 fully saturated rings.